The summed E-state index contributed by atoms with van der Waals surface area (Å²) in [6.45, 7) is 0. The standard InChI is InChI=1S/C53H36N2/c1-5-19-39(20-6-1)53(40-21-7-2-8-22-40)49-34-38-18-14-13-17-37(38)33-48(49)45-31-29-43(35-50(45)53)54(41-23-9-3-10-24-41)44-30-32-47-46-27-15-16-28-51(46)55(52(47)36-44)42-25-11-4-12-26-42/h1-36H. The Morgan fingerprint density at radius 3 is 1.58 bits per heavy atom. The second-order valence-corrected chi connectivity index (χ2v) is 14.5. The fourth-order valence-electron chi connectivity index (χ4n) is 9.28. The summed E-state index contributed by atoms with van der Waals surface area (Å²) in [5, 5.41) is 4.98. The van der Waals surface area contributed by atoms with Gasteiger partial charge in [0.25, 0.3) is 0 Å². The minimum atomic E-state index is -0.528. The van der Waals surface area contributed by atoms with Crippen molar-refractivity contribution in [3.63, 3.8) is 0 Å². The molecule has 0 bridgehead atoms. The minimum Gasteiger partial charge on any atom is -0.310 e. The van der Waals surface area contributed by atoms with Crippen LogP contribution in [-0.4, -0.2) is 4.57 Å². The second-order valence-electron chi connectivity index (χ2n) is 14.5. The molecule has 0 aliphatic heterocycles. The van der Waals surface area contributed by atoms with Gasteiger partial charge >= 0.3 is 0 Å². The van der Waals surface area contributed by atoms with Gasteiger partial charge in [0.1, 0.15) is 0 Å². The molecule has 9 aromatic carbocycles. The molecule has 0 amide bonds. The Balaban J connectivity index is 1.20. The molecular formula is C53H36N2. The lowest BCUT2D eigenvalue weighted by atomic mass is 9.67. The van der Waals surface area contributed by atoms with E-state index in [0.717, 1.165) is 22.7 Å². The normalized spacial score (nSPS) is 12.9. The fraction of sp³-hybridized carbons (Fsp3) is 0.0189. The van der Waals surface area contributed by atoms with Crippen LogP contribution in [0.5, 0.6) is 0 Å². The van der Waals surface area contributed by atoms with Crippen molar-refractivity contribution in [1.29, 1.82) is 0 Å². The number of rotatable bonds is 6. The van der Waals surface area contributed by atoms with E-state index in [1.807, 2.05) is 0 Å². The summed E-state index contributed by atoms with van der Waals surface area (Å²) >= 11 is 0. The van der Waals surface area contributed by atoms with Gasteiger partial charge in [0.15, 0.2) is 0 Å². The zero-order valence-corrected chi connectivity index (χ0v) is 30.2. The minimum absolute atomic E-state index is 0.528. The molecule has 55 heavy (non-hydrogen) atoms. The Bertz CT molecular complexity index is 2980. The zero-order chi connectivity index (χ0) is 36.3. The number of hydrogen-bond donors (Lipinski definition) is 0. The van der Waals surface area contributed by atoms with Gasteiger partial charge in [0.2, 0.25) is 0 Å². The Hall–Kier alpha value is -7.16. The fourth-order valence-corrected chi connectivity index (χ4v) is 9.28. The van der Waals surface area contributed by atoms with Gasteiger partial charge in [-0.2, -0.15) is 0 Å². The SMILES string of the molecule is c1ccc(N(c2ccc3c(c2)C(c2ccccc2)(c2ccccc2)c2cc4ccccc4cc2-3)c2ccc3c4ccccc4n(-c4ccccc4)c3c2)cc1. The number of aromatic nitrogens is 1. The second kappa shape index (κ2) is 12.5. The van der Waals surface area contributed by atoms with E-state index < -0.39 is 5.41 Å². The molecule has 0 radical (unpaired) electrons. The summed E-state index contributed by atoms with van der Waals surface area (Å²) in [5.41, 5.74) is 14.0. The molecule has 1 aliphatic rings. The van der Waals surface area contributed by atoms with E-state index >= 15 is 0 Å². The molecule has 2 heteroatoms. The van der Waals surface area contributed by atoms with E-state index in [1.165, 1.54) is 66.0 Å². The van der Waals surface area contributed by atoms with Gasteiger partial charge in [-0.05, 0) is 111 Å². The van der Waals surface area contributed by atoms with Crippen molar-refractivity contribution in [2.45, 2.75) is 5.41 Å². The van der Waals surface area contributed by atoms with Crippen LogP contribution in [-0.2, 0) is 5.41 Å². The van der Waals surface area contributed by atoms with Gasteiger partial charge in [-0.25, -0.2) is 0 Å². The summed E-state index contributed by atoms with van der Waals surface area (Å²) in [7, 11) is 0. The summed E-state index contributed by atoms with van der Waals surface area (Å²) in [6, 6.07) is 80.1. The molecule has 0 N–H and O–H groups in total. The average Bonchev–Trinajstić information content (AvgIpc) is 3.74. The Kier molecular flexibility index (Phi) is 7.11. The van der Waals surface area contributed by atoms with Crippen molar-refractivity contribution in [3.05, 3.63) is 241 Å². The van der Waals surface area contributed by atoms with Crippen LogP contribution in [0.1, 0.15) is 22.3 Å². The predicted octanol–water partition coefficient (Wildman–Crippen LogP) is 13.8. The first-order valence-electron chi connectivity index (χ1n) is 19.0. The van der Waals surface area contributed by atoms with Crippen molar-refractivity contribution in [2.24, 2.45) is 0 Å². The number of benzene rings is 9. The van der Waals surface area contributed by atoms with Gasteiger partial charge in [-0.15, -0.1) is 0 Å². The molecule has 1 aliphatic carbocycles. The topological polar surface area (TPSA) is 8.17 Å². The summed E-state index contributed by atoms with van der Waals surface area (Å²) in [4.78, 5) is 2.42. The van der Waals surface area contributed by atoms with Crippen LogP contribution >= 0.6 is 0 Å². The summed E-state index contributed by atoms with van der Waals surface area (Å²) in [5.74, 6) is 0. The van der Waals surface area contributed by atoms with E-state index in [-0.39, 0.29) is 0 Å². The van der Waals surface area contributed by atoms with Crippen LogP contribution in [0.2, 0.25) is 0 Å². The van der Waals surface area contributed by atoms with E-state index in [4.69, 9.17) is 0 Å². The highest BCUT2D eigenvalue weighted by Crippen LogP contribution is 2.58. The van der Waals surface area contributed by atoms with Crippen LogP contribution in [0.25, 0.3) is 49.4 Å². The largest absolute Gasteiger partial charge is 0.310 e. The highest BCUT2D eigenvalue weighted by atomic mass is 15.1. The third-order valence-corrected chi connectivity index (χ3v) is 11.6. The molecule has 0 saturated carbocycles. The molecule has 0 saturated heterocycles. The highest BCUT2D eigenvalue weighted by molar-refractivity contribution is 6.10. The molecular weight excluding hydrogens is 665 g/mol. The molecule has 1 aromatic heterocycles. The molecule has 0 fully saturated rings. The monoisotopic (exact) mass is 700 g/mol. The third-order valence-electron chi connectivity index (χ3n) is 11.6. The van der Waals surface area contributed by atoms with Crippen LogP contribution in [0, 0.1) is 0 Å². The molecule has 10 aromatic rings. The van der Waals surface area contributed by atoms with Crippen molar-refractivity contribution < 1.29 is 0 Å². The lowest BCUT2D eigenvalue weighted by Gasteiger charge is -2.35. The Morgan fingerprint density at radius 1 is 0.345 bits per heavy atom. The maximum Gasteiger partial charge on any atom is 0.0714 e. The van der Waals surface area contributed by atoms with E-state index in [1.54, 1.807) is 0 Å². The van der Waals surface area contributed by atoms with Crippen molar-refractivity contribution >= 4 is 49.6 Å². The molecule has 11 rings (SSSR count). The first kappa shape index (κ1) is 31.4. The molecule has 0 unspecified atom stereocenters. The molecule has 1 heterocycles. The van der Waals surface area contributed by atoms with Gasteiger partial charge in [-0.1, -0.05) is 152 Å². The third kappa shape index (κ3) is 4.75. The number of para-hydroxylation sites is 3. The highest BCUT2D eigenvalue weighted by Gasteiger charge is 2.46. The lowest BCUT2D eigenvalue weighted by molar-refractivity contribution is 0.769. The zero-order valence-electron chi connectivity index (χ0n) is 30.2. The molecule has 0 spiro atoms. The Labute approximate surface area is 320 Å². The van der Waals surface area contributed by atoms with Gasteiger partial charge in [-0.3, -0.25) is 0 Å². The summed E-state index contributed by atoms with van der Waals surface area (Å²) < 4.78 is 2.40. The predicted molar refractivity (Wildman–Crippen MR) is 230 cm³/mol. The quantitative estimate of drug-likeness (QED) is 0.168. The Morgan fingerprint density at radius 2 is 0.873 bits per heavy atom. The van der Waals surface area contributed by atoms with Crippen LogP contribution in [0.3, 0.4) is 0 Å². The van der Waals surface area contributed by atoms with Gasteiger partial charge < -0.3 is 9.47 Å². The average molecular weight is 701 g/mol. The first-order valence-corrected chi connectivity index (χ1v) is 19.0. The van der Waals surface area contributed by atoms with Crippen molar-refractivity contribution in [3.8, 4) is 16.8 Å². The van der Waals surface area contributed by atoms with Crippen molar-refractivity contribution in [2.75, 3.05) is 4.90 Å². The van der Waals surface area contributed by atoms with E-state index in [0.29, 0.717) is 0 Å². The molecule has 258 valence electrons. The van der Waals surface area contributed by atoms with E-state index in [9.17, 15) is 0 Å². The van der Waals surface area contributed by atoms with Gasteiger partial charge in [0, 0.05) is 33.5 Å². The maximum atomic E-state index is 2.46. The van der Waals surface area contributed by atoms with Gasteiger partial charge in [0.05, 0.1) is 16.4 Å². The maximum absolute atomic E-state index is 2.46. The number of hydrogen-bond acceptors (Lipinski definition) is 1. The number of nitrogens with zero attached hydrogens (tertiary/aromatic N) is 2. The summed E-state index contributed by atoms with van der Waals surface area (Å²) in [6.07, 6.45) is 0. The molecule has 0 atom stereocenters. The first-order chi connectivity index (χ1) is 27.3. The number of anilines is 3. The van der Waals surface area contributed by atoms with Crippen LogP contribution in [0.15, 0.2) is 218 Å². The lowest BCUT2D eigenvalue weighted by Crippen LogP contribution is -2.28. The van der Waals surface area contributed by atoms with Crippen LogP contribution in [0.4, 0.5) is 17.1 Å². The molecule has 2 nitrogen and oxygen atoms in total. The number of fused-ring (bicyclic) bond motifs is 7. The van der Waals surface area contributed by atoms with Crippen molar-refractivity contribution in [1.82, 2.24) is 4.57 Å². The smallest absolute Gasteiger partial charge is 0.0714 e. The van der Waals surface area contributed by atoms with E-state index in [2.05, 4.69) is 228 Å². The van der Waals surface area contributed by atoms with Crippen LogP contribution < -0.4 is 4.90 Å².